The van der Waals surface area contributed by atoms with E-state index in [2.05, 4.69) is 15.1 Å². The average Bonchev–Trinajstić information content (AvgIpc) is 3.20. The first-order chi connectivity index (χ1) is 13.6. The largest absolute Gasteiger partial charge is 0.415 e. The summed E-state index contributed by atoms with van der Waals surface area (Å²) >= 11 is 0. The van der Waals surface area contributed by atoms with Crippen molar-refractivity contribution in [3.05, 3.63) is 54.0 Å². The van der Waals surface area contributed by atoms with Crippen LogP contribution in [0.3, 0.4) is 0 Å². The van der Waals surface area contributed by atoms with Crippen LogP contribution in [-0.2, 0) is 0 Å². The van der Waals surface area contributed by atoms with E-state index >= 15 is 0 Å². The molecule has 2 aromatic rings. The second kappa shape index (κ2) is 7.92. The van der Waals surface area contributed by atoms with Crippen LogP contribution in [0.1, 0.15) is 42.6 Å². The number of likely N-dealkylation sites (tertiary alicyclic amines) is 1. The lowest BCUT2D eigenvalue weighted by Gasteiger charge is -2.29. The third kappa shape index (κ3) is 4.11. The third-order valence-electron chi connectivity index (χ3n) is 4.94. The van der Waals surface area contributed by atoms with E-state index in [4.69, 9.17) is 9.26 Å². The van der Waals surface area contributed by atoms with Crippen LogP contribution >= 0.6 is 0 Å². The topological polar surface area (TPSA) is 81.4 Å². The molecular formula is C20H21FN4O3. The third-order valence-corrected chi connectivity index (χ3v) is 4.94. The number of nitrogens with zero attached hydrogens (tertiary/aromatic N) is 4. The molecule has 2 aliphatic rings. The predicted molar refractivity (Wildman–Crippen MR) is 99.5 cm³/mol. The van der Waals surface area contributed by atoms with Gasteiger partial charge in [-0.15, -0.1) is 0 Å². The van der Waals surface area contributed by atoms with E-state index in [9.17, 15) is 9.18 Å². The van der Waals surface area contributed by atoms with Gasteiger partial charge in [0.25, 0.3) is 5.89 Å². The summed E-state index contributed by atoms with van der Waals surface area (Å²) in [4.78, 5) is 22.6. The second-order valence-electron chi connectivity index (χ2n) is 6.99. The number of rotatable bonds is 3. The quantitative estimate of drug-likeness (QED) is 0.800. The van der Waals surface area contributed by atoms with Gasteiger partial charge < -0.3 is 14.2 Å². The van der Waals surface area contributed by atoms with Gasteiger partial charge in [0.05, 0.1) is 6.20 Å². The molecule has 0 N–H and O–H groups in total. The highest BCUT2D eigenvalue weighted by Gasteiger charge is 2.28. The van der Waals surface area contributed by atoms with Gasteiger partial charge in [-0.05, 0) is 38.0 Å². The van der Waals surface area contributed by atoms with Crippen molar-refractivity contribution < 1.29 is 18.4 Å². The molecule has 1 fully saturated rings. The lowest BCUT2D eigenvalue weighted by atomic mass is 9.96. The van der Waals surface area contributed by atoms with Crippen molar-refractivity contribution in [2.24, 2.45) is 0 Å². The van der Waals surface area contributed by atoms with Crippen LogP contribution in [0.4, 0.5) is 9.18 Å². The van der Waals surface area contributed by atoms with Crippen molar-refractivity contribution in [2.45, 2.75) is 38.3 Å². The summed E-state index contributed by atoms with van der Waals surface area (Å²) in [5.74, 6) is 1.59. The molecule has 1 atom stereocenters. The molecule has 146 valence electrons. The van der Waals surface area contributed by atoms with Gasteiger partial charge in [0.2, 0.25) is 0 Å². The van der Waals surface area contributed by atoms with E-state index in [-0.39, 0.29) is 12.0 Å². The number of ether oxygens (including phenoxy) is 1. The fourth-order valence-corrected chi connectivity index (χ4v) is 3.27. The molecule has 0 bridgehead atoms. The van der Waals surface area contributed by atoms with Gasteiger partial charge in [0, 0.05) is 36.7 Å². The minimum absolute atomic E-state index is 0.115. The highest BCUT2D eigenvalue weighted by atomic mass is 19.1. The first-order valence-electron chi connectivity index (χ1n) is 9.34. The number of hydrogen-bond acceptors (Lipinski definition) is 6. The Labute approximate surface area is 161 Å². The number of piperidine rings is 1. The average molecular weight is 384 g/mol. The molecule has 0 radical (unpaired) electrons. The second-order valence-corrected chi connectivity index (χ2v) is 6.99. The fourth-order valence-electron chi connectivity index (χ4n) is 3.27. The van der Waals surface area contributed by atoms with Gasteiger partial charge in [-0.3, -0.25) is 4.98 Å². The highest BCUT2D eigenvalue weighted by Crippen LogP contribution is 2.29. The Bertz CT molecular complexity index is 898. The normalized spacial score (nSPS) is 20.1. The van der Waals surface area contributed by atoms with E-state index < -0.39 is 6.17 Å². The standard InChI is InChI=1S/C20H21FN4O3/c1-13-2-7-17(12-22-13)27-20(26)25-10-8-14(9-11-25)18-23-19(28-24-18)15-3-5-16(21)6-4-15/h2-5,7,12,14,16H,6,8-11H2,1H3. The first kappa shape index (κ1) is 18.3. The van der Waals surface area contributed by atoms with Crippen LogP contribution in [0.5, 0.6) is 5.75 Å². The van der Waals surface area contributed by atoms with Crippen LogP contribution in [0.25, 0.3) is 5.57 Å². The Kier molecular flexibility index (Phi) is 5.18. The molecule has 8 heteroatoms. The highest BCUT2D eigenvalue weighted by molar-refractivity contribution is 5.71. The number of allylic oxidation sites excluding steroid dienone is 4. The van der Waals surface area contributed by atoms with Gasteiger partial charge in [-0.2, -0.15) is 4.98 Å². The van der Waals surface area contributed by atoms with Crippen LogP contribution in [0.15, 0.2) is 41.1 Å². The molecule has 0 aromatic carbocycles. The number of aryl methyl sites for hydroxylation is 1. The minimum atomic E-state index is -0.953. The predicted octanol–water partition coefficient (Wildman–Crippen LogP) is 3.83. The molecule has 7 nitrogen and oxygen atoms in total. The molecular weight excluding hydrogens is 363 g/mol. The summed E-state index contributed by atoms with van der Waals surface area (Å²) in [6, 6.07) is 3.53. The maximum atomic E-state index is 13.2. The first-order valence-corrected chi connectivity index (χ1v) is 9.34. The van der Waals surface area contributed by atoms with Crippen LogP contribution in [0.2, 0.25) is 0 Å². The molecule has 1 unspecified atom stereocenters. The Balaban J connectivity index is 1.32. The minimum Gasteiger partial charge on any atom is -0.409 e. The van der Waals surface area contributed by atoms with E-state index in [0.717, 1.165) is 24.1 Å². The molecule has 0 saturated carbocycles. The van der Waals surface area contributed by atoms with Crippen molar-refractivity contribution in [3.63, 3.8) is 0 Å². The van der Waals surface area contributed by atoms with Gasteiger partial charge in [0.1, 0.15) is 6.17 Å². The molecule has 1 aliphatic carbocycles. The van der Waals surface area contributed by atoms with E-state index in [1.165, 1.54) is 6.08 Å². The monoisotopic (exact) mass is 384 g/mol. The summed E-state index contributed by atoms with van der Waals surface area (Å²) < 4.78 is 23.9. The van der Waals surface area contributed by atoms with Crippen molar-refractivity contribution in [2.75, 3.05) is 13.1 Å². The van der Waals surface area contributed by atoms with Crippen molar-refractivity contribution >= 4 is 11.7 Å². The number of pyridine rings is 1. The molecule has 1 saturated heterocycles. The van der Waals surface area contributed by atoms with Crippen molar-refractivity contribution in [1.82, 2.24) is 20.0 Å². The number of aromatic nitrogens is 3. The summed E-state index contributed by atoms with van der Waals surface area (Å²) in [6.07, 6.45) is 6.91. The van der Waals surface area contributed by atoms with Crippen molar-refractivity contribution in [1.29, 1.82) is 0 Å². The Morgan fingerprint density at radius 3 is 2.82 bits per heavy atom. The maximum Gasteiger partial charge on any atom is 0.415 e. The summed E-state index contributed by atoms with van der Waals surface area (Å²) in [6.45, 7) is 2.98. The van der Waals surface area contributed by atoms with Crippen LogP contribution in [-0.4, -0.2) is 45.4 Å². The fraction of sp³-hybridized carbons (Fsp3) is 0.400. The zero-order valence-electron chi connectivity index (χ0n) is 15.5. The van der Waals surface area contributed by atoms with Gasteiger partial charge in [0.15, 0.2) is 11.6 Å². The van der Waals surface area contributed by atoms with Gasteiger partial charge in [-0.25, -0.2) is 9.18 Å². The summed E-state index contributed by atoms with van der Waals surface area (Å²) in [7, 11) is 0. The van der Waals surface area contributed by atoms with Gasteiger partial charge in [-0.1, -0.05) is 17.3 Å². The molecule has 1 amide bonds. The molecule has 3 heterocycles. The zero-order valence-corrected chi connectivity index (χ0v) is 15.5. The van der Waals surface area contributed by atoms with E-state index in [1.807, 2.05) is 6.92 Å². The Morgan fingerprint density at radius 2 is 2.14 bits per heavy atom. The SMILES string of the molecule is Cc1ccc(OC(=O)N2CCC(c3noc(C4=CCC(F)C=C4)n3)CC2)cn1. The summed E-state index contributed by atoms with van der Waals surface area (Å²) in [5.41, 5.74) is 1.62. The van der Waals surface area contributed by atoms with Crippen LogP contribution in [0, 0.1) is 6.92 Å². The number of hydrogen-bond donors (Lipinski definition) is 0. The van der Waals surface area contributed by atoms with Gasteiger partial charge >= 0.3 is 6.09 Å². The lowest BCUT2D eigenvalue weighted by molar-refractivity contribution is 0.137. The number of amides is 1. The zero-order chi connectivity index (χ0) is 19.5. The van der Waals surface area contributed by atoms with Crippen LogP contribution < -0.4 is 4.74 Å². The molecule has 1 aliphatic heterocycles. The number of carbonyl (C=O) groups is 1. The molecule has 28 heavy (non-hydrogen) atoms. The molecule has 4 rings (SSSR count). The van der Waals surface area contributed by atoms with E-state index in [1.54, 1.807) is 35.4 Å². The van der Waals surface area contributed by atoms with Crippen molar-refractivity contribution in [3.8, 4) is 5.75 Å². The Hall–Kier alpha value is -3.03. The number of alkyl halides is 1. The number of carbonyl (C=O) groups excluding carboxylic acids is 1. The molecule has 0 spiro atoms. The summed E-state index contributed by atoms with van der Waals surface area (Å²) in [5, 5.41) is 4.08. The lowest BCUT2D eigenvalue weighted by Crippen LogP contribution is -2.39. The molecule has 2 aromatic heterocycles. The maximum absolute atomic E-state index is 13.2. The van der Waals surface area contributed by atoms with E-state index in [0.29, 0.717) is 37.0 Å². The number of halogens is 1. The smallest absolute Gasteiger partial charge is 0.409 e. The Morgan fingerprint density at radius 1 is 1.32 bits per heavy atom.